The summed E-state index contributed by atoms with van der Waals surface area (Å²) in [6.45, 7) is 1.85. The first-order valence-corrected chi connectivity index (χ1v) is 1.48. The topological polar surface area (TPSA) is 9.23 Å². The van der Waals surface area contributed by atoms with Gasteiger partial charge in [-0.05, 0) is 13.0 Å². The molecule has 0 fully saturated rings. The van der Waals surface area contributed by atoms with Crippen LogP contribution in [0.25, 0.3) is 0 Å². The minimum atomic E-state index is 1.57. The summed E-state index contributed by atoms with van der Waals surface area (Å²) >= 11 is 0. The summed E-state index contributed by atoms with van der Waals surface area (Å²) in [6.07, 6.45) is 4.19. The van der Waals surface area contributed by atoms with Gasteiger partial charge in [0.05, 0.1) is 7.11 Å². The average molecular weight is 71.1 g/mol. The lowest BCUT2D eigenvalue weighted by Crippen LogP contribution is -1.59. The van der Waals surface area contributed by atoms with Crippen molar-refractivity contribution < 1.29 is 4.74 Å². The molecule has 0 amide bonds. The SMILES string of the molecule is C/C=[C]/OC. The van der Waals surface area contributed by atoms with Crippen molar-refractivity contribution >= 4 is 0 Å². The Bertz CT molecular complexity index is 30.6. The summed E-state index contributed by atoms with van der Waals surface area (Å²) in [4.78, 5) is 0. The van der Waals surface area contributed by atoms with Crippen LogP contribution in [0.4, 0.5) is 0 Å². The Kier molecular flexibility index (Phi) is 3.21. The Morgan fingerprint density at radius 3 is 2.40 bits per heavy atom. The van der Waals surface area contributed by atoms with Crippen molar-refractivity contribution in [3.05, 3.63) is 12.3 Å². The molecule has 0 spiro atoms. The summed E-state index contributed by atoms with van der Waals surface area (Å²) in [6, 6.07) is 0. The normalized spacial score (nSPS) is 9.20. The first-order chi connectivity index (χ1) is 2.41. The van der Waals surface area contributed by atoms with Crippen LogP contribution in [0.15, 0.2) is 6.08 Å². The zero-order valence-electron chi connectivity index (χ0n) is 3.49. The molecule has 0 aliphatic carbocycles. The molecule has 1 radical (unpaired) electrons. The second-order valence-electron chi connectivity index (χ2n) is 0.611. The van der Waals surface area contributed by atoms with E-state index < -0.39 is 0 Å². The maximum Gasteiger partial charge on any atom is 0.156 e. The van der Waals surface area contributed by atoms with Crippen LogP contribution in [-0.4, -0.2) is 7.11 Å². The first-order valence-electron chi connectivity index (χ1n) is 1.48. The van der Waals surface area contributed by atoms with Gasteiger partial charge >= 0.3 is 0 Å². The molecule has 1 heteroatoms. The third kappa shape index (κ3) is 3.54. The van der Waals surface area contributed by atoms with Gasteiger partial charge in [0, 0.05) is 0 Å². The zero-order valence-corrected chi connectivity index (χ0v) is 3.49. The van der Waals surface area contributed by atoms with Crippen molar-refractivity contribution in [2.45, 2.75) is 6.92 Å². The van der Waals surface area contributed by atoms with Gasteiger partial charge in [-0.2, -0.15) is 0 Å². The molecule has 0 rings (SSSR count). The molecule has 0 N–H and O–H groups in total. The largest absolute Gasteiger partial charge is 0.493 e. The minimum Gasteiger partial charge on any atom is -0.493 e. The fourth-order valence-corrected chi connectivity index (χ4v) is 0.118. The van der Waals surface area contributed by atoms with E-state index >= 15 is 0 Å². The second-order valence-corrected chi connectivity index (χ2v) is 0.611. The quantitative estimate of drug-likeness (QED) is 0.418. The standard InChI is InChI=1S/C4H7O/c1-3-4-5-2/h3H,1-2H3. The van der Waals surface area contributed by atoms with Crippen LogP contribution in [0.5, 0.6) is 0 Å². The van der Waals surface area contributed by atoms with Crippen LogP contribution < -0.4 is 0 Å². The highest BCUT2D eigenvalue weighted by Crippen LogP contribution is 1.61. The summed E-state index contributed by atoms with van der Waals surface area (Å²) in [5, 5.41) is 0. The molecule has 5 heavy (non-hydrogen) atoms. The summed E-state index contributed by atoms with van der Waals surface area (Å²) in [5.41, 5.74) is 0. The van der Waals surface area contributed by atoms with Crippen molar-refractivity contribution in [1.29, 1.82) is 0 Å². The van der Waals surface area contributed by atoms with Crippen LogP contribution >= 0.6 is 0 Å². The molecule has 0 aliphatic rings. The van der Waals surface area contributed by atoms with Crippen molar-refractivity contribution in [1.82, 2.24) is 0 Å². The number of allylic oxidation sites excluding steroid dienone is 1. The first kappa shape index (κ1) is 4.54. The zero-order chi connectivity index (χ0) is 4.12. The minimum absolute atomic E-state index is 1.57. The highest BCUT2D eigenvalue weighted by atomic mass is 16.5. The van der Waals surface area contributed by atoms with Crippen LogP contribution in [0, 0.1) is 6.26 Å². The molecule has 0 unspecified atom stereocenters. The molecule has 0 heterocycles. The lowest BCUT2D eigenvalue weighted by Gasteiger charge is -1.74. The van der Waals surface area contributed by atoms with Gasteiger partial charge in [0.15, 0.2) is 6.26 Å². The van der Waals surface area contributed by atoms with Crippen LogP contribution in [-0.2, 0) is 4.74 Å². The van der Waals surface area contributed by atoms with Gasteiger partial charge in [-0.3, -0.25) is 0 Å². The molecule has 0 saturated heterocycles. The molecule has 29 valence electrons. The lowest BCUT2D eigenvalue weighted by molar-refractivity contribution is 0.312. The van der Waals surface area contributed by atoms with Gasteiger partial charge in [-0.1, -0.05) is 0 Å². The Balaban J connectivity index is 2.62. The maximum absolute atomic E-state index is 4.39. The van der Waals surface area contributed by atoms with Crippen molar-refractivity contribution in [3.63, 3.8) is 0 Å². The molecular weight excluding hydrogens is 64.0 g/mol. The summed E-state index contributed by atoms with van der Waals surface area (Å²) in [7, 11) is 1.57. The van der Waals surface area contributed by atoms with E-state index in [-0.39, 0.29) is 0 Å². The Hall–Kier alpha value is -0.460. The molecule has 0 aromatic carbocycles. The second kappa shape index (κ2) is 3.54. The molecule has 0 aromatic rings. The van der Waals surface area contributed by atoms with Gasteiger partial charge in [0.2, 0.25) is 0 Å². The average Bonchev–Trinajstić information content (AvgIpc) is 1.41. The number of methoxy groups -OCH3 is 1. The fraction of sp³-hybridized carbons (Fsp3) is 0.500. The Labute approximate surface area is 32.3 Å². The highest BCUT2D eigenvalue weighted by molar-refractivity contribution is 4.54. The van der Waals surface area contributed by atoms with Crippen molar-refractivity contribution in [2.75, 3.05) is 7.11 Å². The molecule has 0 saturated carbocycles. The molecular formula is C4H7O. The van der Waals surface area contributed by atoms with E-state index in [0.29, 0.717) is 0 Å². The molecule has 0 aromatic heterocycles. The number of hydrogen-bond donors (Lipinski definition) is 0. The molecule has 0 bridgehead atoms. The van der Waals surface area contributed by atoms with Crippen LogP contribution in [0.3, 0.4) is 0 Å². The predicted molar refractivity (Wildman–Crippen MR) is 20.5 cm³/mol. The fourth-order valence-electron chi connectivity index (χ4n) is 0.118. The molecule has 1 nitrogen and oxygen atoms in total. The van der Waals surface area contributed by atoms with E-state index in [9.17, 15) is 0 Å². The number of ether oxygens (including phenoxy) is 1. The third-order valence-electron chi connectivity index (χ3n) is 0.236. The third-order valence-corrected chi connectivity index (χ3v) is 0.236. The molecule has 0 atom stereocenters. The van der Waals surface area contributed by atoms with Gasteiger partial charge in [0.1, 0.15) is 0 Å². The highest BCUT2D eigenvalue weighted by Gasteiger charge is 1.50. The van der Waals surface area contributed by atoms with E-state index in [1.807, 2.05) is 6.92 Å². The van der Waals surface area contributed by atoms with E-state index in [0.717, 1.165) is 0 Å². The van der Waals surface area contributed by atoms with Gasteiger partial charge < -0.3 is 4.74 Å². The Morgan fingerprint density at radius 1 is 1.80 bits per heavy atom. The monoisotopic (exact) mass is 71.0 g/mol. The van der Waals surface area contributed by atoms with E-state index in [1.54, 1.807) is 13.2 Å². The van der Waals surface area contributed by atoms with E-state index in [1.165, 1.54) is 0 Å². The van der Waals surface area contributed by atoms with E-state index in [2.05, 4.69) is 11.0 Å². The lowest BCUT2D eigenvalue weighted by atomic mass is 10.7. The molecule has 0 aliphatic heterocycles. The van der Waals surface area contributed by atoms with Gasteiger partial charge in [-0.15, -0.1) is 0 Å². The van der Waals surface area contributed by atoms with Crippen LogP contribution in [0.1, 0.15) is 6.92 Å². The summed E-state index contributed by atoms with van der Waals surface area (Å²) < 4.78 is 4.39. The van der Waals surface area contributed by atoms with E-state index in [4.69, 9.17) is 0 Å². The van der Waals surface area contributed by atoms with Gasteiger partial charge in [0.25, 0.3) is 0 Å². The van der Waals surface area contributed by atoms with Crippen molar-refractivity contribution in [3.8, 4) is 0 Å². The maximum atomic E-state index is 4.39. The number of hydrogen-bond acceptors (Lipinski definition) is 1. The summed E-state index contributed by atoms with van der Waals surface area (Å²) in [5.74, 6) is 0. The van der Waals surface area contributed by atoms with Gasteiger partial charge in [-0.25, -0.2) is 0 Å². The van der Waals surface area contributed by atoms with Crippen molar-refractivity contribution in [2.24, 2.45) is 0 Å². The Morgan fingerprint density at radius 2 is 2.40 bits per heavy atom. The predicted octanol–water partition coefficient (Wildman–Crippen LogP) is 0.970. The smallest absolute Gasteiger partial charge is 0.156 e. The van der Waals surface area contributed by atoms with Crippen LogP contribution in [0.2, 0.25) is 0 Å². The number of rotatable bonds is 1.